The maximum Gasteiger partial charge on any atom is 0.319 e. The first-order valence-electron chi connectivity index (χ1n) is 12.2. The molecule has 0 aliphatic heterocycles. The number of ether oxygens (including phenoxy) is 1. The number of urea groups is 1. The minimum absolute atomic E-state index is 0.150. The fourth-order valence-corrected chi connectivity index (χ4v) is 5.07. The number of anilines is 1. The summed E-state index contributed by atoms with van der Waals surface area (Å²) >= 11 is 3.43. The lowest BCUT2D eigenvalue weighted by Crippen LogP contribution is -2.36. The minimum atomic E-state index is -0.425. The van der Waals surface area contributed by atoms with Gasteiger partial charge in [-0.15, -0.1) is 0 Å². The number of carbonyl (C=O) groups excluding carboxylic acids is 2. The van der Waals surface area contributed by atoms with Gasteiger partial charge in [-0.3, -0.25) is 14.6 Å². The third kappa shape index (κ3) is 7.57. The van der Waals surface area contributed by atoms with Crippen LogP contribution in [0.15, 0.2) is 53.0 Å². The number of hydrogen-bond acceptors (Lipinski definition) is 4. The Morgan fingerprint density at radius 2 is 1.71 bits per heavy atom. The Hall–Kier alpha value is -2.38. The van der Waals surface area contributed by atoms with Gasteiger partial charge >= 0.3 is 12.0 Å². The Balaban J connectivity index is 1.56. The Bertz CT molecular complexity index is 935. The van der Waals surface area contributed by atoms with Crippen molar-refractivity contribution in [3.63, 3.8) is 0 Å². The number of halogens is 1. The summed E-state index contributed by atoms with van der Waals surface area (Å²) in [6.45, 7) is 2.45. The van der Waals surface area contributed by atoms with Crippen molar-refractivity contribution in [3.05, 3.63) is 64.1 Å². The summed E-state index contributed by atoms with van der Waals surface area (Å²) in [5.74, 6) is -0.150. The predicted octanol–water partition coefficient (Wildman–Crippen LogP) is 5.84. The summed E-state index contributed by atoms with van der Waals surface area (Å²) in [5.41, 5.74) is 9.33. The van der Waals surface area contributed by atoms with Crippen LogP contribution >= 0.6 is 15.9 Å². The molecule has 7 heteroatoms. The van der Waals surface area contributed by atoms with E-state index < -0.39 is 6.03 Å². The van der Waals surface area contributed by atoms with Crippen LogP contribution in [0.2, 0.25) is 0 Å². The lowest BCUT2D eigenvalue weighted by molar-refractivity contribution is -0.140. The monoisotopic (exact) mass is 529 g/mol. The molecule has 34 heavy (non-hydrogen) atoms. The number of fused-ring (bicyclic) bond motifs is 1. The topological polar surface area (TPSA) is 75.9 Å². The van der Waals surface area contributed by atoms with Crippen molar-refractivity contribution in [2.45, 2.75) is 57.4 Å². The van der Waals surface area contributed by atoms with Gasteiger partial charge in [-0.25, -0.2) is 4.79 Å². The molecule has 0 radical (unpaired) electrons. The molecule has 6 nitrogen and oxygen atoms in total. The Kier molecular flexibility index (Phi) is 10.4. The number of nitrogens with two attached hydrogens (primary N) is 1. The number of carbonyl (C=O) groups is 2. The van der Waals surface area contributed by atoms with Crippen LogP contribution in [0.3, 0.4) is 0 Å². The number of nitrogens with zero attached hydrogens (tertiary/aromatic N) is 2. The van der Waals surface area contributed by atoms with E-state index in [9.17, 15) is 9.59 Å². The number of methoxy groups -OCH3 is 1. The highest BCUT2D eigenvalue weighted by molar-refractivity contribution is 9.10. The van der Waals surface area contributed by atoms with E-state index in [2.05, 4.69) is 45.1 Å². The van der Waals surface area contributed by atoms with Crippen LogP contribution in [0, 0.1) is 0 Å². The maximum atomic E-state index is 12.0. The standard InChI is InChI=1S/C27H36BrN3O3/c1-34-26(32)13-8-19-30(25-12-7-10-21-9-3-4-11-24(21)25)18-5-2-6-20-31(27(29)33)23-16-14-22(28)15-17-23/h3-4,9,11,14-17,25H,2,5-8,10,12-13,18-20H2,1H3,(H2,29,33). The molecule has 0 saturated heterocycles. The number of unbranched alkanes of at least 4 members (excludes halogenated alkanes) is 2. The third-order valence-electron chi connectivity index (χ3n) is 6.56. The van der Waals surface area contributed by atoms with Gasteiger partial charge in [-0.05, 0) is 87.0 Å². The Morgan fingerprint density at radius 1 is 1.00 bits per heavy atom. The van der Waals surface area contributed by atoms with E-state index in [-0.39, 0.29) is 5.97 Å². The van der Waals surface area contributed by atoms with Gasteiger partial charge in [-0.2, -0.15) is 0 Å². The van der Waals surface area contributed by atoms with Crippen molar-refractivity contribution in [3.8, 4) is 0 Å². The zero-order chi connectivity index (χ0) is 24.3. The van der Waals surface area contributed by atoms with Crippen molar-refractivity contribution in [1.29, 1.82) is 0 Å². The summed E-state index contributed by atoms with van der Waals surface area (Å²) in [6.07, 6.45) is 7.64. The lowest BCUT2D eigenvalue weighted by atomic mass is 9.86. The predicted molar refractivity (Wildman–Crippen MR) is 140 cm³/mol. The smallest absolute Gasteiger partial charge is 0.319 e. The summed E-state index contributed by atoms with van der Waals surface area (Å²) in [4.78, 5) is 27.8. The molecule has 1 unspecified atom stereocenters. The van der Waals surface area contributed by atoms with Gasteiger partial charge in [0, 0.05) is 29.2 Å². The molecule has 2 amide bonds. The normalized spacial score (nSPS) is 15.1. The molecule has 2 aromatic rings. The van der Waals surface area contributed by atoms with Crippen LogP contribution in [0.25, 0.3) is 0 Å². The van der Waals surface area contributed by atoms with Gasteiger partial charge in [0.1, 0.15) is 0 Å². The van der Waals surface area contributed by atoms with E-state index in [4.69, 9.17) is 10.5 Å². The molecule has 3 rings (SSSR count). The van der Waals surface area contributed by atoms with Gasteiger partial charge in [0.15, 0.2) is 0 Å². The molecule has 0 fully saturated rings. The van der Waals surface area contributed by atoms with E-state index in [1.807, 2.05) is 24.3 Å². The zero-order valence-corrected chi connectivity index (χ0v) is 21.6. The molecular weight excluding hydrogens is 494 g/mol. The first kappa shape index (κ1) is 26.2. The molecule has 0 spiro atoms. The van der Waals surface area contributed by atoms with Crippen molar-refractivity contribution in [1.82, 2.24) is 4.90 Å². The van der Waals surface area contributed by atoms with Crippen LogP contribution in [0.4, 0.5) is 10.5 Å². The molecule has 1 atom stereocenters. The number of aryl methyl sites for hydroxylation is 1. The van der Waals surface area contributed by atoms with E-state index >= 15 is 0 Å². The summed E-state index contributed by atoms with van der Waals surface area (Å²) < 4.78 is 5.80. The highest BCUT2D eigenvalue weighted by atomic mass is 79.9. The minimum Gasteiger partial charge on any atom is -0.469 e. The number of esters is 1. The molecule has 1 aliphatic carbocycles. The first-order chi connectivity index (χ1) is 16.5. The number of benzene rings is 2. The van der Waals surface area contributed by atoms with Gasteiger partial charge in [0.25, 0.3) is 0 Å². The van der Waals surface area contributed by atoms with Gasteiger partial charge < -0.3 is 10.5 Å². The van der Waals surface area contributed by atoms with E-state index in [0.29, 0.717) is 19.0 Å². The quantitative estimate of drug-likeness (QED) is 0.277. The molecule has 2 aromatic carbocycles. The van der Waals surface area contributed by atoms with Crippen molar-refractivity contribution in [2.75, 3.05) is 31.6 Å². The molecule has 184 valence electrons. The van der Waals surface area contributed by atoms with Crippen LogP contribution < -0.4 is 10.6 Å². The summed E-state index contributed by atoms with van der Waals surface area (Å²) in [7, 11) is 1.45. The second kappa shape index (κ2) is 13.5. The fraction of sp³-hybridized carbons (Fsp3) is 0.481. The molecule has 0 aromatic heterocycles. The van der Waals surface area contributed by atoms with Crippen LogP contribution in [0.1, 0.15) is 62.1 Å². The molecule has 2 N–H and O–H groups in total. The van der Waals surface area contributed by atoms with Crippen LogP contribution in [-0.2, 0) is 16.0 Å². The van der Waals surface area contributed by atoms with Gasteiger partial charge in [-0.1, -0.05) is 46.6 Å². The van der Waals surface area contributed by atoms with Crippen molar-refractivity contribution in [2.24, 2.45) is 5.73 Å². The number of rotatable bonds is 12. The maximum absolute atomic E-state index is 12.0. The SMILES string of the molecule is COC(=O)CCCN(CCCCCN(C(N)=O)c1ccc(Br)cc1)C1CCCc2ccccc21. The summed E-state index contributed by atoms with van der Waals surface area (Å²) in [6, 6.07) is 16.4. The molecule has 1 aliphatic rings. The van der Waals surface area contributed by atoms with Crippen LogP contribution in [0.5, 0.6) is 0 Å². The summed E-state index contributed by atoms with van der Waals surface area (Å²) in [5, 5.41) is 0. The lowest BCUT2D eigenvalue weighted by Gasteiger charge is -2.36. The second-order valence-corrected chi connectivity index (χ2v) is 9.77. The zero-order valence-electron chi connectivity index (χ0n) is 20.0. The highest BCUT2D eigenvalue weighted by Crippen LogP contribution is 2.34. The van der Waals surface area contributed by atoms with Crippen molar-refractivity contribution >= 4 is 33.6 Å². The van der Waals surface area contributed by atoms with E-state index in [1.54, 1.807) is 4.90 Å². The molecular formula is C27H36BrN3O3. The number of hydrogen-bond donors (Lipinski definition) is 1. The van der Waals surface area contributed by atoms with E-state index in [0.717, 1.165) is 61.8 Å². The van der Waals surface area contributed by atoms with Crippen molar-refractivity contribution < 1.29 is 14.3 Å². The Morgan fingerprint density at radius 3 is 2.44 bits per heavy atom. The molecule has 0 saturated carbocycles. The Labute approximate surface area is 211 Å². The number of primary amides is 1. The molecule has 0 heterocycles. The fourth-order valence-electron chi connectivity index (χ4n) is 4.81. The third-order valence-corrected chi connectivity index (χ3v) is 7.09. The average Bonchev–Trinajstić information content (AvgIpc) is 2.85. The molecule has 0 bridgehead atoms. The largest absolute Gasteiger partial charge is 0.469 e. The number of amides is 2. The van der Waals surface area contributed by atoms with E-state index in [1.165, 1.54) is 24.7 Å². The van der Waals surface area contributed by atoms with Gasteiger partial charge in [0.05, 0.1) is 7.11 Å². The second-order valence-electron chi connectivity index (χ2n) is 8.85. The first-order valence-corrected chi connectivity index (χ1v) is 13.0. The van der Waals surface area contributed by atoms with Gasteiger partial charge in [0.2, 0.25) is 0 Å². The average molecular weight is 531 g/mol. The van der Waals surface area contributed by atoms with Crippen LogP contribution in [-0.4, -0.2) is 43.6 Å². The highest BCUT2D eigenvalue weighted by Gasteiger charge is 2.25.